The molecule has 5 heteroatoms. The molecule has 0 atom stereocenters. The van der Waals surface area contributed by atoms with E-state index in [0.29, 0.717) is 16.2 Å². The zero-order valence-electron chi connectivity index (χ0n) is 8.43. The second-order valence-corrected chi connectivity index (χ2v) is 3.97. The fourth-order valence-electron chi connectivity index (χ4n) is 1.29. The van der Waals surface area contributed by atoms with E-state index in [0.717, 1.165) is 0 Å². The van der Waals surface area contributed by atoms with Crippen LogP contribution in [-0.4, -0.2) is 22.7 Å². The first-order valence-corrected chi connectivity index (χ1v) is 5.25. The van der Waals surface area contributed by atoms with Crippen molar-refractivity contribution in [1.29, 1.82) is 0 Å². The largest absolute Gasteiger partial charge is 0.495 e. The number of aromatic nitrogens is 2. The van der Waals surface area contributed by atoms with Gasteiger partial charge in [0.05, 0.1) is 18.9 Å². The molecular formula is C10H10N2O2S. The number of carbonyl (C=O) groups excluding carboxylic acids is 1. The summed E-state index contributed by atoms with van der Waals surface area (Å²) >= 11 is 1.37. The smallest absolute Gasteiger partial charge is 0.209 e. The average Bonchev–Trinajstić information content (AvgIpc) is 2.84. The lowest BCUT2D eigenvalue weighted by atomic mass is 10.2. The lowest BCUT2D eigenvalue weighted by molar-refractivity contribution is 0.104. The Bertz CT molecular complexity index is 487. The van der Waals surface area contributed by atoms with Crippen molar-refractivity contribution in [3.63, 3.8) is 0 Å². The zero-order valence-corrected chi connectivity index (χ0v) is 9.25. The second kappa shape index (κ2) is 3.86. The summed E-state index contributed by atoms with van der Waals surface area (Å²) in [5.74, 6) is 0.573. The summed E-state index contributed by atoms with van der Waals surface area (Å²) in [6.45, 7) is 0. The van der Waals surface area contributed by atoms with Gasteiger partial charge in [0, 0.05) is 13.2 Å². The highest BCUT2D eigenvalue weighted by molar-refractivity contribution is 7.12. The molecule has 15 heavy (non-hydrogen) atoms. The van der Waals surface area contributed by atoms with Gasteiger partial charge in [-0.3, -0.25) is 9.48 Å². The first-order chi connectivity index (χ1) is 7.22. The monoisotopic (exact) mass is 222 g/mol. The van der Waals surface area contributed by atoms with Gasteiger partial charge in [0.15, 0.2) is 0 Å². The van der Waals surface area contributed by atoms with Crippen LogP contribution in [0.4, 0.5) is 0 Å². The van der Waals surface area contributed by atoms with E-state index in [1.165, 1.54) is 11.3 Å². The van der Waals surface area contributed by atoms with Crippen molar-refractivity contribution in [2.45, 2.75) is 0 Å². The fraction of sp³-hybridized carbons (Fsp3) is 0.200. The van der Waals surface area contributed by atoms with Gasteiger partial charge in [-0.2, -0.15) is 5.10 Å². The molecular weight excluding hydrogens is 212 g/mol. The molecule has 0 aliphatic carbocycles. The molecule has 0 amide bonds. The highest BCUT2D eigenvalue weighted by atomic mass is 32.1. The topological polar surface area (TPSA) is 44.1 Å². The third kappa shape index (κ3) is 1.78. The van der Waals surface area contributed by atoms with E-state index < -0.39 is 0 Å². The summed E-state index contributed by atoms with van der Waals surface area (Å²) in [5.41, 5.74) is 0.582. The third-order valence-corrected chi connectivity index (χ3v) is 2.92. The van der Waals surface area contributed by atoms with Crippen LogP contribution in [0.5, 0.6) is 5.75 Å². The molecule has 0 aromatic carbocycles. The van der Waals surface area contributed by atoms with Crippen LogP contribution in [-0.2, 0) is 7.05 Å². The summed E-state index contributed by atoms with van der Waals surface area (Å²) < 4.78 is 6.70. The molecule has 0 N–H and O–H groups in total. The number of thiophene rings is 1. The lowest BCUT2D eigenvalue weighted by Gasteiger charge is -1.98. The van der Waals surface area contributed by atoms with Gasteiger partial charge in [-0.25, -0.2) is 0 Å². The summed E-state index contributed by atoms with van der Waals surface area (Å²) in [6, 6.07) is 1.79. The molecule has 2 aromatic rings. The first-order valence-electron chi connectivity index (χ1n) is 4.37. The van der Waals surface area contributed by atoms with Gasteiger partial charge in [-0.05, 0) is 11.4 Å². The normalized spacial score (nSPS) is 10.3. The number of rotatable bonds is 3. The number of methoxy groups -OCH3 is 1. The van der Waals surface area contributed by atoms with E-state index >= 15 is 0 Å². The quantitative estimate of drug-likeness (QED) is 0.743. The van der Waals surface area contributed by atoms with Crippen molar-refractivity contribution in [3.8, 4) is 5.75 Å². The predicted molar refractivity (Wildman–Crippen MR) is 57.5 cm³/mol. The molecule has 2 aromatic heterocycles. The highest BCUT2D eigenvalue weighted by Crippen LogP contribution is 2.26. The zero-order chi connectivity index (χ0) is 10.8. The van der Waals surface area contributed by atoms with Gasteiger partial charge in [-0.15, -0.1) is 11.3 Å². The molecule has 2 rings (SSSR count). The van der Waals surface area contributed by atoms with Crippen molar-refractivity contribution in [2.75, 3.05) is 7.11 Å². The Morgan fingerprint density at radius 3 is 3.00 bits per heavy atom. The van der Waals surface area contributed by atoms with Gasteiger partial charge >= 0.3 is 0 Å². The molecule has 0 saturated carbocycles. The van der Waals surface area contributed by atoms with Crippen LogP contribution in [0.3, 0.4) is 0 Å². The Labute approximate surface area is 91.1 Å². The molecule has 0 bridgehead atoms. The minimum Gasteiger partial charge on any atom is -0.495 e. The summed E-state index contributed by atoms with van der Waals surface area (Å²) in [4.78, 5) is 12.6. The minimum atomic E-state index is -0.0463. The molecule has 0 unspecified atom stereocenters. The molecule has 0 saturated heterocycles. The van der Waals surface area contributed by atoms with Crippen LogP contribution in [0, 0.1) is 0 Å². The molecule has 0 radical (unpaired) electrons. The number of ether oxygens (including phenoxy) is 1. The van der Waals surface area contributed by atoms with Crippen LogP contribution in [0.25, 0.3) is 0 Å². The summed E-state index contributed by atoms with van der Waals surface area (Å²) in [6.07, 6.45) is 3.25. The van der Waals surface area contributed by atoms with Crippen molar-refractivity contribution in [3.05, 3.63) is 34.3 Å². The molecule has 0 fully saturated rings. The van der Waals surface area contributed by atoms with E-state index in [2.05, 4.69) is 5.10 Å². The van der Waals surface area contributed by atoms with Gasteiger partial charge in [0.1, 0.15) is 10.6 Å². The van der Waals surface area contributed by atoms with Crippen LogP contribution in [0.2, 0.25) is 0 Å². The van der Waals surface area contributed by atoms with Crippen LogP contribution < -0.4 is 4.74 Å². The van der Waals surface area contributed by atoms with E-state index in [4.69, 9.17) is 4.74 Å². The Kier molecular flexibility index (Phi) is 2.55. The standard InChI is InChI=1S/C10H10N2O2S/c1-12-6-7(5-11-12)9(13)10-8(14-2)3-4-15-10/h3-6H,1-2H3. The average molecular weight is 222 g/mol. The third-order valence-electron chi connectivity index (χ3n) is 2.02. The molecule has 0 spiro atoms. The van der Waals surface area contributed by atoms with E-state index in [1.54, 1.807) is 37.3 Å². The molecule has 0 aliphatic rings. The van der Waals surface area contributed by atoms with Crippen molar-refractivity contribution in [2.24, 2.45) is 7.05 Å². The Morgan fingerprint density at radius 2 is 2.40 bits per heavy atom. The fourth-order valence-corrected chi connectivity index (χ4v) is 2.11. The molecule has 2 heterocycles. The molecule has 4 nitrogen and oxygen atoms in total. The van der Waals surface area contributed by atoms with Crippen LogP contribution >= 0.6 is 11.3 Å². The number of aryl methyl sites for hydroxylation is 1. The summed E-state index contributed by atoms with van der Waals surface area (Å²) in [5, 5.41) is 5.80. The number of carbonyl (C=O) groups is 1. The van der Waals surface area contributed by atoms with Crippen molar-refractivity contribution < 1.29 is 9.53 Å². The predicted octanol–water partition coefficient (Wildman–Crippen LogP) is 1.72. The van der Waals surface area contributed by atoms with Gasteiger partial charge < -0.3 is 4.74 Å². The van der Waals surface area contributed by atoms with Gasteiger partial charge in [0.25, 0.3) is 0 Å². The van der Waals surface area contributed by atoms with Crippen molar-refractivity contribution in [1.82, 2.24) is 9.78 Å². The SMILES string of the molecule is COc1ccsc1C(=O)c1cnn(C)c1. The highest BCUT2D eigenvalue weighted by Gasteiger charge is 2.16. The number of nitrogens with zero attached hydrogens (tertiary/aromatic N) is 2. The summed E-state index contributed by atoms with van der Waals surface area (Å²) in [7, 11) is 3.34. The van der Waals surface area contributed by atoms with Crippen LogP contribution in [0.15, 0.2) is 23.8 Å². The maximum atomic E-state index is 12.0. The Hall–Kier alpha value is -1.62. The Balaban J connectivity index is 2.36. The number of hydrogen-bond donors (Lipinski definition) is 0. The van der Waals surface area contributed by atoms with E-state index in [-0.39, 0.29) is 5.78 Å². The van der Waals surface area contributed by atoms with Gasteiger partial charge in [0.2, 0.25) is 5.78 Å². The van der Waals surface area contributed by atoms with E-state index in [1.807, 2.05) is 5.38 Å². The number of hydrogen-bond acceptors (Lipinski definition) is 4. The maximum Gasteiger partial charge on any atom is 0.209 e. The van der Waals surface area contributed by atoms with Gasteiger partial charge in [-0.1, -0.05) is 0 Å². The maximum absolute atomic E-state index is 12.0. The minimum absolute atomic E-state index is 0.0463. The van der Waals surface area contributed by atoms with Crippen LogP contribution in [0.1, 0.15) is 15.2 Å². The lowest BCUT2D eigenvalue weighted by Crippen LogP contribution is -1.99. The first kappa shape index (κ1) is 9.92. The second-order valence-electron chi connectivity index (χ2n) is 3.05. The molecule has 0 aliphatic heterocycles. The van der Waals surface area contributed by atoms with E-state index in [9.17, 15) is 4.79 Å². The number of ketones is 1. The Morgan fingerprint density at radius 1 is 1.60 bits per heavy atom. The molecule has 78 valence electrons. The van der Waals surface area contributed by atoms with Crippen molar-refractivity contribution >= 4 is 17.1 Å².